The third-order valence-electron chi connectivity index (χ3n) is 6.08. The Bertz CT molecular complexity index is 526. The predicted molar refractivity (Wildman–Crippen MR) is 78.7 cm³/mol. The summed E-state index contributed by atoms with van der Waals surface area (Å²) in [5, 5.41) is 39.0. The molecular formula is C16H24O9. The SMILES string of the molecule is C[C@H]1C[C@@H]2OC(=O)[C@@H]3[C@@H](O[C@H]4O[C@@H](CO)[C@H](O)[C@@H](O)[C@@H]4O)OC[C@H]1[C@@H]32. The van der Waals surface area contributed by atoms with Crippen molar-refractivity contribution in [3.8, 4) is 0 Å². The molecule has 9 nitrogen and oxygen atoms in total. The number of hydrogen-bond acceptors (Lipinski definition) is 9. The number of carbonyl (C=O) groups excluding carboxylic acids is 1. The van der Waals surface area contributed by atoms with Gasteiger partial charge in [0, 0.05) is 5.92 Å². The average Bonchev–Trinajstić information content (AvgIpc) is 3.08. The van der Waals surface area contributed by atoms with Gasteiger partial charge in [0.05, 0.1) is 13.2 Å². The van der Waals surface area contributed by atoms with Gasteiger partial charge in [0.25, 0.3) is 0 Å². The Morgan fingerprint density at radius 2 is 1.92 bits per heavy atom. The molecule has 3 aliphatic heterocycles. The van der Waals surface area contributed by atoms with Crippen LogP contribution in [0.3, 0.4) is 0 Å². The number of aliphatic hydroxyl groups excluding tert-OH is 4. The molecule has 0 bridgehead atoms. The lowest BCUT2D eigenvalue weighted by atomic mass is 9.80. The molecule has 0 spiro atoms. The Kier molecular flexibility index (Phi) is 4.52. The second-order valence-corrected chi connectivity index (χ2v) is 7.49. The molecule has 0 unspecified atom stereocenters. The van der Waals surface area contributed by atoms with E-state index in [1.54, 1.807) is 0 Å². The molecule has 0 aromatic rings. The topological polar surface area (TPSA) is 135 Å². The minimum absolute atomic E-state index is 0.00568. The molecule has 0 amide bonds. The summed E-state index contributed by atoms with van der Waals surface area (Å²) in [6, 6.07) is 0. The summed E-state index contributed by atoms with van der Waals surface area (Å²) in [6.07, 6.45) is -7.25. The van der Waals surface area contributed by atoms with Crippen LogP contribution in [0.4, 0.5) is 0 Å². The first kappa shape index (κ1) is 17.6. The van der Waals surface area contributed by atoms with Crippen molar-refractivity contribution in [1.82, 2.24) is 0 Å². The van der Waals surface area contributed by atoms with Crippen LogP contribution in [0.25, 0.3) is 0 Å². The van der Waals surface area contributed by atoms with Crippen molar-refractivity contribution in [2.75, 3.05) is 13.2 Å². The van der Waals surface area contributed by atoms with Crippen molar-refractivity contribution in [3.05, 3.63) is 0 Å². The van der Waals surface area contributed by atoms with Gasteiger partial charge in [-0.05, 0) is 18.3 Å². The molecule has 0 aromatic carbocycles. The largest absolute Gasteiger partial charge is 0.462 e. The number of hydrogen-bond donors (Lipinski definition) is 4. The molecular weight excluding hydrogens is 336 g/mol. The maximum absolute atomic E-state index is 12.3. The lowest BCUT2D eigenvalue weighted by molar-refractivity contribution is -0.351. The fourth-order valence-corrected chi connectivity index (χ4v) is 4.68. The number of carbonyl (C=O) groups is 1. The van der Waals surface area contributed by atoms with Gasteiger partial charge in [-0.2, -0.15) is 0 Å². The van der Waals surface area contributed by atoms with Crippen LogP contribution in [0.2, 0.25) is 0 Å². The van der Waals surface area contributed by atoms with Crippen molar-refractivity contribution in [3.63, 3.8) is 0 Å². The zero-order valence-electron chi connectivity index (χ0n) is 13.8. The zero-order valence-corrected chi connectivity index (χ0v) is 13.8. The highest BCUT2D eigenvalue weighted by Gasteiger charge is 2.61. The quantitative estimate of drug-likeness (QED) is 0.420. The van der Waals surface area contributed by atoms with E-state index in [4.69, 9.17) is 18.9 Å². The summed E-state index contributed by atoms with van der Waals surface area (Å²) in [5.74, 6) is -0.386. The molecule has 142 valence electrons. The standard InChI is InChI=1S/C16H24O9/c1-5-2-7-9-6(5)4-22-15(10(9)14(21)23-7)25-16-13(20)12(19)11(18)8(3-17)24-16/h5-13,15-20H,2-4H2,1H3/t5-,6+,7-,8-,9+,10+,11-,12+,13-,15+,16+/m0/s1. The van der Waals surface area contributed by atoms with Gasteiger partial charge in [-0.1, -0.05) is 6.92 Å². The van der Waals surface area contributed by atoms with Gasteiger partial charge in [0.1, 0.15) is 36.4 Å². The van der Waals surface area contributed by atoms with E-state index in [9.17, 15) is 25.2 Å². The van der Waals surface area contributed by atoms with Crippen molar-refractivity contribution in [2.45, 2.75) is 56.4 Å². The number of aliphatic hydroxyl groups is 4. The summed E-state index contributed by atoms with van der Waals surface area (Å²) in [5.41, 5.74) is 0. The van der Waals surface area contributed by atoms with Gasteiger partial charge in [-0.25, -0.2) is 0 Å². The number of rotatable bonds is 3. The van der Waals surface area contributed by atoms with E-state index in [0.717, 1.165) is 6.42 Å². The first-order valence-corrected chi connectivity index (χ1v) is 8.70. The molecule has 4 aliphatic rings. The molecule has 0 aromatic heterocycles. The summed E-state index contributed by atoms with van der Waals surface area (Å²) < 4.78 is 22.2. The van der Waals surface area contributed by atoms with E-state index in [1.165, 1.54) is 0 Å². The monoisotopic (exact) mass is 360 g/mol. The summed E-state index contributed by atoms with van der Waals surface area (Å²) in [4.78, 5) is 12.3. The highest BCUT2D eigenvalue weighted by atomic mass is 16.8. The summed E-state index contributed by atoms with van der Waals surface area (Å²) >= 11 is 0. The Morgan fingerprint density at radius 1 is 1.16 bits per heavy atom. The van der Waals surface area contributed by atoms with Gasteiger partial charge in [-0.3, -0.25) is 4.79 Å². The van der Waals surface area contributed by atoms with E-state index < -0.39 is 49.5 Å². The van der Waals surface area contributed by atoms with Gasteiger partial charge < -0.3 is 39.4 Å². The molecule has 1 aliphatic carbocycles. The van der Waals surface area contributed by atoms with Crippen molar-refractivity contribution < 1.29 is 44.2 Å². The smallest absolute Gasteiger partial charge is 0.314 e. The van der Waals surface area contributed by atoms with Gasteiger partial charge in [0.2, 0.25) is 0 Å². The van der Waals surface area contributed by atoms with E-state index in [1.807, 2.05) is 0 Å². The van der Waals surface area contributed by atoms with Crippen LogP contribution < -0.4 is 0 Å². The molecule has 4 N–H and O–H groups in total. The van der Waals surface area contributed by atoms with Crippen LogP contribution in [0.1, 0.15) is 13.3 Å². The fourth-order valence-electron chi connectivity index (χ4n) is 4.68. The maximum atomic E-state index is 12.3. The van der Waals surface area contributed by atoms with Crippen molar-refractivity contribution >= 4 is 5.97 Å². The zero-order chi connectivity index (χ0) is 17.9. The van der Waals surface area contributed by atoms with Crippen LogP contribution in [0, 0.1) is 23.7 Å². The van der Waals surface area contributed by atoms with E-state index >= 15 is 0 Å². The maximum Gasteiger partial charge on any atom is 0.314 e. The third kappa shape index (κ3) is 2.69. The minimum Gasteiger partial charge on any atom is -0.462 e. The van der Waals surface area contributed by atoms with Crippen LogP contribution in [-0.4, -0.2) is 82.7 Å². The van der Waals surface area contributed by atoms with Crippen LogP contribution in [-0.2, 0) is 23.7 Å². The highest BCUT2D eigenvalue weighted by molar-refractivity contribution is 5.76. The Hall–Kier alpha value is -0.810. The second kappa shape index (κ2) is 6.41. The van der Waals surface area contributed by atoms with Gasteiger partial charge >= 0.3 is 5.97 Å². The summed E-state index contributed by atoms with van der Waals surface area (Å²) in [6.45, 7) is 1.97. The average molecular weight is 360 g/mol. The molecule has 3 heterocycles. The van der Waals surface area contributed by atoms with E-state index in [0.29, 0.717) is 12.5 Å². The first-order chi connectivity index (χ1) is 11.9. The highest BCUT2D eigenvalue weighted by Crippen LogP contribution is 2.52. The molecule has 9 heteroatoms. The molecule has 4 rings (SSSR count). The Balaban J connectivity index is 1.50. The van der Waals surface area contributed by atoms with Gasteiger partial charge in [0.15, 0.2) is 12.6 Å². The van der Waals surface area contributed by atoms with E-state index in [2.05, 4.69) is 6.92 Å². The third-order valence-corrected chi connectivity index (χ3v) is 6.08. The molecule has 1 saturated carbocycles. The van der Waals surface area contributed by atoms with E-state index in [-0.39, 0.29) is 23.9 Å². The first-order valence-electron chi connectivity index (χ1n) is 8.70. The lowest BCUT2D eigenvalue weighted by Crippen LogP contribution is -2.60. The second-order valence-electron chi connectivity index (χ2n) is 7.49. The molecule has 3 saturated heterocycles. The fraction of sp³-hybridized carbons (Fsp3) is 0.938. The lowest BCUT2D eigenvalue weighted by Gasteiger charge is -2.43. The number of esters is 1. The molecule has 4 fully saturated rings. The minimum atomic E-state index is -1.54. The molecule has 11 atom stereocenters. The van der Waals surface area contributed by atoms with Crippen molar-refractivity contribution in [1.29, 1.82) is 0 Å². The normalized spacial score (nSPS) is 55.1. The number of ether oxygens (including phenoxy) is 4. The summed E-state index contributed by atoms with van der Waals surface area (Å²) in [7, 11) is 0. The van der Waals surface area contributed by atoms with Crippen molar-refractivity contribution in [2.24, 2.45) is 23.7 Å². The van der Waals surface area contributed by atoms with Crippen LogP contribution in [0.5, 0.6) is 0 Å². The van der Waals surface area contributed by atoms with Crippen LogP contribution >= 0.6 is 0 Å². The van der Waals surface area contributed by atoms with Gasteiger partial charge in [-0.15, -0.1) is 0 Å². The molecule has 25 heavy (non-hydrogen) atoms. The Labute approximate surface area is 144 Å². The van der Waals surface area contributed by atoms with Crippen LogP contribution in [0.15, 0.2) is 0 Å². The molecule has 0 radical (unpaired) electrons. The Morgan fingerprint density at radius 3 is 2.64 bits per heavy atom. The predicted octanol–water partition coefficient (Wildman–Crippen LogP) is -2.03.